The molecule has 2 aliphatic rings. The van der Waals surface area contributed by atoms with Gasteiger partial charge in [-0.3, -0.25) is 4.90 Å². The average molecular weight is 525 g/mol. The van der Waals surface area contributed by atoms with Crippen LogP contribution >= 0.6 is 11.3 Å². The summed E-state index contributed by atoms with van der Waals surface area (Å²) in [6.07, 6.45) is -0.441. The lowest BCUT2D eigenvalue weighted by atomic mass is 9.77. The third-order valence-corrected chi connectivity index (χ3v) is 9.13. The molecule has 10 heteroatoms. The molecule has 0 unspecified atom stereocenters. The van der Waals surface area contributed by atoms with Crippen molar-refractivity contribution in [1.29, 1.82) is 5.26 Å². The molecule has 0 aliphatic carbocycles. The average Bonchev–Trinajstić information content (AvgIpc) is 3.58. The molecule has 0 saturated carbocycles. The summed E-state index contributed by atoms with van der Waals surface area (Å²) < 4.78 is 38.8. The van der Waals surface area contributed by atoms with Crippen molar-refractivity contribution in [2.45, 2.75) is 45.3 Å². The molecule has 5 heterocycles. The number of anilines is 1. The minimum atomic E-state index is -4.23. The number of hydrogen-bond acceptors (Lipinski definition) is 6. The first-order valence-corrected chi connectivity index (χ1v) is 13.3. The fourth-order valence-corrected chi connectivity index (χ4v) is 7.03. The molecule has 0 atom stereocenters. The molecular weight excluding hydrogens is 497 g/mol. The summed E-state index contributed by atoms with van der Waals surface area (Å²) in [5.41, 5.74) is 4.30. The van der Waals surface area contributed by atoms with Crippen LogP contribution in [0.4, 0.5) is 19.0 Å². The molecule has 4 aromatic rings. The number of H-pyrrole nitrogens is 1. The van der Waals surface area contributed by atoms with Gasteiger partial charge >= 0.3 is 6.18 Å². The number of aromatic amines is 1. The van der Waals surface area contributed by atoms with Crippen LogP contribution in [0, 0.1) is 23.7 Å². The number of aryl methyl sites for hydroxylation is 1. The van der Waals surface area contributed by atoms with Crippen LogP contribution < -0.4 is 4.90 Å². The van der Waals surface area contributed by atoms with E-state index in [1.54, 1.807) is 6.07 Å². The van der Waals surface area contributed by atoms with E-state index in [1.165, 1.54) is 17.5 Å². The lowest BCUT2D eigenvalue weighted by Crippen LogP contribution is -2.41. The minimum absolute atomic E-state index is 0.208. The Bertz CT molecular complexity index is 1510. The van der Waals surface area contributed by atoms with E-state index in [0.29, 0.717) is 10.5 Å². The monoisotopic (exact) mass is 524 g/mol. The Morgan fingerprint density at radius 3 is 2.65 bits per heavy atom. The summed E-state index contributed by atoms with van der Waals surface area (Å²) in [6, 6.07) is 9.96. The number of benzene rings is 1. The lowest BCUT2D eigenvalue weighted by molar-refractivity contribution is -0.126. The zero-order valence-corrected chi connectivity index (χ0v) is 21.3. The number of alkyl halides is 3. The Balaban J connectivity index is 1.13. The van der Waals surface area contributed by atoms with Gasteiger partial charge in [-0.2, -0.15) is 18.4 Å². The Labute approximate surface area is 216 Å². The molecular formula is C27H27F3N6S. The summed E-state index contributed by atoms with van der Waals surface area (Å²) in [5.74, 6) is 0.765. The Hall–Kier alpha value is -3.16. The van der Waals surface area contributed by atoms with Gasteiger partial charge in [-0.1, -0.05) is 6.07 Å². The van der Waals surface area contributed by atoms with E-state index in [2.05, 4.69) is 49.9 Å². The van der Waals surface area contributed by atoms with E-state index < -0.39 is 12.6 Å². The van der Waals surface area contributed by atoms with Gasteiger partial charge in [0.25, 0.3) is 0 Å². The number of nitrogens with zero attached hydrogens (tertiary/aromatic N) is 5. The Morgan fingerprint density at radius 2 is 1.89 bits per heavy atom. The van der Waals surface area contributed by atoms with Crippen molar-refractivity contribution >= 4 is 38.3 Å². The molecule has 0 bridgehead atoms. The van der Waals surface area contributed by atoms with Gasteiger partial charge in [0, 0.05) is 35.4 Å². The number of aromatic nitrogens is 3. The second-order valence-electron chi connectivity index (χ2n) is 10.5. The van der Waals surface area contributed by atoms with Gasteiger partial charge in [-0.15, -0.1) is 11.3 Å². The normalized spacial score (nSPS) is 18.3. The molecule has 1 N–H and O–H groups in total. The van der Waals surface area contributed by atoms with Gasteiger partial charge in [0.1, 0.15) is 28.7 Å². The fourth-order valence-electron chi connectivity index (χ4n) is 6.01. The number of piperidine rings is 1. The summed E-state index contributed by atoms with van der Waals surface area (Å²) >= 11 is 1.11. The lowest BCUT2D eigenvalue weighted by Gasteiger charge is -2.39. The van der Waals surface area contributed by atoms with Gasteiger partial charge in [0.2, 0.25) is 0 Å². The summed E-state index contributed by atoms with van der Waals surface area (Å²) in [7, 11) is 0. The topological polar surface area (TPSA) is 71.8 Å². The highest BCUT2D eigenvalue weighted by Gasteiger charge is 2.41. The van der Waals surface area contributed by atoms with E-state index in [4.69, 9.17) is 0 Å². The Morgan fingerprint density at radius 1 is 1.11 bits per heavy atom. The van der Waals surface area contributed by atoms with Crippen LogP contribution in [0.15, 0.2) is 30.6 Å². The summed E-state index contributed by atoms with van der Waals surface area (Å²) in [5, 5.41) is 11.0. The number of thiophene rings is 1. The first-order chi connectivity index (χ1) is 17.7. The zero-order chi connectivity index (χ0) is 25.8. The molecule has 3 aromatic heterocycles. The van der Waals surface area contributed by atoms with Gasteiger partial charge in [-0.05, 0) is 74.0 Å². The van der Waals surface area contributed by atoms with Crippen LogP contribution in [0.5, 0.6) is 0 Å². The second-order valence-corrected chi connectivity index (χ2v) is 11.6. The van der Waals surface area contributed by atoms with Crippen molar-refractivity contribution in [3.63, 3.8) is 0 Å². The molecule has 6 rings (SSSR count). The van der Waals surface area contributed by atoms with Crippen LogP contribution in [0.3, 0.4) is 0 Å². The maximum Gasteiger partial charge on any atom is 0.393 e. The van der Waals surface area contributed by atoms with Crippen molar-refractivity contribution < 1.29 is 13.2 Å². The van der Waals surface area contributed by atoms with Crippen LogP contribution in [-0.4, -0.2) is 52.2 Å². The van der Waals surface area contributed by atoms with Gasteiger partial charge in [0.15, 0.2) is 0 Å². The summed E-state index contributed by atoms with van der Waals surface area (Å²) in [4.78, 5) is 17.5. The highest BCUT2D eigenvalue weighted by Crippen LogP contribution is 2.44. The predicted molar refractivity (Wildman–Crippen MR) is 139 cm³/mol. The maximum atomic E-state index is 12.9. The maximum absolute atomic E-state index is 12.9. The van der Waals surface area contributed by atoms with Crippen molar-refractivity contribution in [2.75, 3.05) is 31.1 Å². The van der Waals surface area contributed by atoms with Crippen LogP contribution in [0.25, 0.3) is 21.1 Å². The molecule has 2 saturated heterocycles. The van der Waals surface area contributed by atoms with E-state index in [1.807, 2.05) is 6.07 Å². The third-order valence-electron chi connectivity index (χ3n) is 8.09. The number of hydrogen-bond donors (Lipinski definition) is 1. The van der Waals surface area contributed by atoms with Crippen molar-refractivity contribution in [3.05, 3.63) is 52.3 Å². The van der Waals surface area contributed by atoms with Crippen LogP contribution in [0.2, 0.25) is 0 Å². The Kier molecular flexibility index (Phi) is 5.88. The van der Waals surface area contributed by atoms with Crippen LogP contribution in [-0.2, 0) is 13.0 Å². The standard InChI is InChI=1S/C27H27F3N6S/c1-17-18(2-3-23-21(17)10-19(13-31)34-23)14-35-7-4-26(5-8-35)6-9-36(15-26)24-22-11-20(12-27(28,29)30)37-25(22)33-16-32-24/h2-3,10-11,16,34H,4-9,12,14-15H2,1H3. The molecule has 0 radical (unpaired) electrons. The summed E-state index contributed by atoms with van der Waals surface area (Å²) in [6.45, 7) is 6.77. The molecule has 0 amide bonds. The van der Waals surface area contributed by atoms with Gasteiger partial charge < -0.3 is 9.88 Å². The first-order valence-electron chi connectivity index (χ1n) is 12.5. The molecule has 1 spiro atoms. The predicted octanol–water partition coefficient (Wildman–Crippen LogP) is 5.95. The quantitative estimate of drug-likeness (QED) is 0.357. The largest absolute Gasteiger partial charge is 0.393 e. The van der Waals surface area contributed by atoms with E-state index >= 15 is 0 Å². The number of halogens is 3. The molecule has 2 aliphatic heterocycles. The number of nitriles is 1. The smallest absolute Gasteiger partial charge is 0.355 e. The number of rotatable bonds is 4. The van der Waals surface area contributed by atoms with Gasteiger partial charge in [-0.25, -0.2) is 9.97 Å². The minimum Gasteiger partial charge on any atom is -0.355 e. The van der Waals surface area contributed by atoms with E-state index in [9.17, 15) is 18.4 Å². The first kappa shape index (κ1) is 24.2. The highest BCUT2D eigenvalue weighted by molar-refractivity contribution is 7.18. The number of likely N-dealkylation sites (tertiary alicyclic amines) is 1. The van der Waals surface area contributed by atoms with E-state index in [-0.39, 0.29) is 10.3 Å². The second kappa shape index (κ2) is 8.99. The molecule has 192 valence electrons. The van der Waals surface area contributed by atoms with Crippen molar-refractivity contribution in [2.24, 2.45) is 5.41 Å². The third kappa shape index (κ3) is 4.66. The molecule has 2 fully saturated rings. The van der Waals surface area contributed by atoms with Crippen LogP contribution in [0.1, 0.15) is 41.0 Å². The zero-order valence-electron chi connectivity index (χ0n) is 20.5. The number of fused-ring (bicyclic) bond motifs is 2. The highest BCUT2D eigenvalue weighted by atomic mass is 32.1. The SMILES string of the molecule is Cc1c(CN2CCC3(CC2)CCN(c2ncnc4sc(CC(F)(F)F)cc24)C3)ccc2[nH]c(C#N)cc12. The molecule has 6 nitrogen and oxygen atoms in total. The van der Waals surface area contributed by atoms with Crippen molar-refractivity contribution in [3.8, 4) is 6.07 Å². The van der Waals surface area contributed by atoms with Gasteiger partial charge in [0.05, 0.1) is 11.8 Å². The van der Waals surface area contributed by atoms with E-state index in [0.717, 1.165) is 85.4 Å². The van der Waals surface area contributed by atoms with Crippen molar-refractivity contribution in [1.82, 2.24) is 19.9 Å². The molecule has 1 aromatic carbocycles. The number of nitrogens with one attached hydrogen (secondary N) is 1. The molecule has 37 heavy (non-hydrogen) atoms. The fraction of sp³-hybridized carbons (Fsp3) is 0.444.